The van der Waals surface area contributed by atoms with Gasteiger partial charge in [0.05, 0.1) is 18.2 Å². The van der Waals surface area contributed by atoms with Crippen LogP contribution in [0.15, 0.2) is 30.6 Å². The summed E-state index contributed by atoms with van der Waals surface area (Å²) in [6.45, 7) is 3.75. The Morgan fingerprint density at radius 1 is 1.36 bits per heavy atom. The number of anilines is 2. The van der Waals surface area contributed by atoms with Gasteiger partial charge in [-0.25, -0.2) is 9.97 Å². The molecule has 3 aromatic heterocycles. The number of amides is 1. The van der Waals surface area contributed by atoms with Gasteiger partial charge >= 0.3 is 0 Å². The summed E-state index contributed by atoms with van der Waals surface area (Å²) >= 11 is 0. The van der Waals surface area contributed by atoms with Crippen molar-refractivity contribution < 1.29 is 9.53 Å². The van der Waals surface area contributed by atoms with Crippen LogP contribution < -0.4 is 10.2 Å². The second-order valence-electron chi connectivity index (χ2n) is 6.95. The third-order valence-corrected chi connectivity index (χ3v) is 4.83. The predicted molar refractivity (Wildman–Crippen MR) is 104 cm³/mol. The lowest BCUT2D eigenvalue weighted by Crippen LogP contribution is -2.41. The Balaban J connectivity index is 1.54. The van der Waals surface area contributed by atoms with E-state index in [4.69, 9.17) is 4.74 Å². The number of piperidine rings is 1. The van der Waals surface area contributed by atoms with Gasteiger partial charge in [0, 0.05) is 32.0 Å². The number of nitrogens with zero attached hydrogens (tertiary/aromatic N) is 6. The van der Waals surface area contributed by atoms with E-state index in [9.17, 15) is 4.79 Å². The number of aryl methyl sites for hydroxylation is 1. The Labute approximate surface area is 162 Å². The van der Waals surface area contributed by atoms with E-state index in [2.05, 4.69) is 30.3 Å². The van der Waals surface area contributed by atoms with Crippen molar-refractivity contribution in [3.05, 3.63) is 42.0 Å². The fourth-order valence-corrected chi connectivity index (χ4v) is 3.53. The van der Waals surface area contributed by atoms with Gasteiger partial charge in [-0.2, -0.15) is 14.6 Å². The van der Waals surface area contributed by atoms with Crippen molar-refractivity contribution in [2.24, 2.45) is 5.92 Å². The number of hydrogen-bond donors (Lipinski definition) is 1. The molecule has 1 N–H and O–H groups in total. The summed E-state index contributed by atoms with van der Waals surface area (Å²) in [6.07, 6.45) is 3.24. The molecule has 1 saturated heterocycles. The molecule has 9 nitrogen and oxygen atoms in total. The lowest BCUT2D eigenvalue weighted by Gasteiger charge is -2.33. The number of hydrogen-bond acceptors (Lipinski definition) is 7. The lowest BCUT2D eigenvalue weighted by molar-refractivity contribution is -0.120. The largest absolute Gasteiger partial charge is 0.378 e. The average molecular weight is 381 g/mol. The number of carbonyl (C=O) groups excluding carboxylic acids is 1. The standard InChI is InChI=1S/C19H23N7O2/c1-13-5-3-7-16(22-13)24-18(27)14-6-4-8-25(10-14)17-9-15(11-28-2)23-19-20-12-21-26(17)19/h3,5,7,9,12,14H,4,6,8,10-11H2,1-2H3,(H,22,24,27). The van der Waals surface area contributed by atoms with Crippen LogP contribution in [0.1, 0.15) is 24.2 Å². The first-order chi connectivity index (χ1) is 13.6. The van der Waals surface area contributed by atoms with E-state index < -0.39 is 0 Å². The molecule has 0 radical (unpaired) electrons. The van der Waals surface area contributed by atoms with E-state index in [0.717, 1.165) is 36.6 Å². The third-order valence-electron chi connectivity index (χ3n) is 4.83. The molecule has 1 aliphatic heterocycles. The number of nitrogens with one attached hydrogen (secondary N) is 1. The lowest BCUT2D eigenvalue weighted by atomic mass is 9.97. The van der Waals surface area contributed by atoms with Crippen molar-refractivity contribution in [3.63, 3.8) is 0 Å². The first-order valence-electron chi connectivity index (χ1n) is 9.32. The molecule has 3 aromatic rings. The van der Waals surface area contributed by atoms with Crippen molar-refractivity contribution in [3.8, 4) is 0 Å². The van der Waals surface area contributed by atoms with Crippen LogP contribution in [0.5, 0.6) is 0 Å². The molecule has 0 bridgehead atoms. The van der Waals surface area contributed by atoms with Gasteiger partial charge in [0.25, 0.3) is 5.78 Å². The zero-order chi connectivity index (χ0) is 19.5. The van der Waals surface area contributed by atoms with Gasteiger partial charge in [0.15, 0.2) is 0 Å². The van der Waals surface area contributed by atoms with Crippen LogP contribution in [0.3, 0.4) is 0 Å². The number of pyridine rings is 1. The predicted octanol–water partition coefficient (Wildman–Crippen LogP) is 1.83. The fourth-order valence-electron chi connectivity index (χ4n) is 3.53. The van der Waals surface area contributed by atoms with Crippen molar-refractivity contribution in [2.45, 2.75) is 26.4 Å². The summed E-state index contributed by atoms with van der Waals surface area (Å²) in [5.74, 6) is 1.85. The highest BCUT2D eigenvalue weighted by Crippen LogP contribution is 2.25. The van der Waals surface area contributed by atoms with E-state index in [1.165, 1.54) is 6.33 Å². The molecule has 0 aliphatic carbocycles. The van der Waals surface area contributed by atoms with Gasteiger partial charge in [-0.3, -0.25) is 4.79 Å². The summed E-state index contributed by atoms with van der Waals surface area (Å²) in [6, 6.07) is 7.56. The number of fused-ring (bicyclic) bond motifs is 1. The van der Waals surface area contributed by atoms with Gasteiger partial charge in [0.2, 0.25) is 5.91 Å². The molecule has 28 heavy (non-hydrogen) atoms. The van der Waals surface area contributed by atoms with E-state index >= 15 is 0 Å². The zero-order valence-corrected chi connectivity index (χ0v) is 16.0. The maximum atomic E-state index is 12.8. The molecule has 0 aromatic carbocycles. The van der Waals surface area contributed by atoms with Gasteiger partial charge in [-0.1, -0.05) is 6.07 Å². The van der Waals surface area contributed by atoms with Gasteiger partial charge in [0.1, 0.15) is 18.0 Å². The maximum absolute atomic E-state index is 12.8. The molecule has 1 atom stereocenters. The molecular weight excluding hydrogens is 358 g/mol. The molecule has 0 spiro atoms. The average Bonchev–Trinajstić information content (AvgIpc) is 3.16. The summed E-state index contributed by atoms with van der Waals surface area (Å²) < 4.78 is 6.93. The van der Waals surface area contributed by atoms with E-state index in [0.29, 0.717) is 24.7 Å². The van der Waals surface area contributed by atoms with Gasteiger partial charge in [-0.15, -0.1) is 0 Å². The highest BCUT2D eigenvalue weighted by Gasteiger charge is 2.28. The van der Waals surface area contributed by atoms with Gasteiger partial charge in [-0.05, 0) is 31.9 Å². The monoisotopic (exact) mass is 381 g/mol. The topological polar surface area (TPSA) is 97.5 Å². The van der Waals surface area contributed by atoms with Crippen LogP contribution in [-0.4, -0.2) is 50.7 Å². The molecule has 1 fully saturated rings. The Bertz CT molecular complexity index is 987. The van der Waals surface area contributed by atoms with Crippen LogP contribution in [0.2, 0.25) is 0 Å². The maximum Gasteiger partial charge on any atom is 0.254 e. The summed E-state index contributed by atoms with van der Waals surface area (Å²) in [7, 11) is 1.63. The van der Waals surface area contributed by atoms with Crippen LogP contribution in [0.4, 0.5) is 11.6 Å². The number of aromatic nitrogens is 5. The van der Waals surface area contributed by atoms with Crippen LogP contribution in [0, 0.1) is 12.8 Å². The molecule has 146 valence electrons. The normalized spacial score (nSPS) is 17.1. The summed E-state index contributed by atoms with van der Waals surface area (Å²) in [5.41, 5.74) is 1.66. The zero-order valence-electron chi connectivity index (χ0n) is 16.0. The molecule has 9 heteroatoms. The summed E-state index contributed by atoms with van der Waals surface area (Å²) in [4.78, 5) is 28.0. The van der Waals surface area contributed by atoms with Crippen LogP contribution >= 0.6 is 0 Å². The Morgan fingerprint density at radius 2 is 2.25 bits per heavy atom. The minimum absolute atomic E-state index is 0.0104. The molecule has 1 unspecified atom stereocenters. The molecule has 1 amide bonds. The van der Waals surface area contributed by atoms with Crippen molar-refractivity contribution in [1.82, 2.24) is 24.6 Å². The van der Waals surface area contributed by atoms with E-state index in [1.807, 2.05) is 31.2 Å². The molecule has 4 heterocycles. The Hall–Kier alpha value is -3.07. The Morgan fingerprint density at radius 3 is 3.07 bits per heavy atom. The summed E-state index contributed by atoms with van der Waals surface area (Å²) in [5, 5.41) is 7.24. The highest BCUT2D eigenvalue weighted by atomic mass is 16.5. The smallest absolute Gasteiger partial charge is 0.254 e. The number of ether oxygens (including phenoxy) is 1. The van der Waals surface area contributed by atoms with Crippen molar-refractivity contribution >= 4 is 23.3 Å². The first kappa shape index (κ1) is 18.3. The van der Waals surface area contributed by atoms with E-state index in [1.54, 1.807) is 11.6 Å². The molecule has 1 aliphatic rings. The fraction of sp³-hybridized carbons (Fsp3) is 0.421. The highest BCUT2D eigenvalue weighted by molar-refractivity contribution is 5.92. The second kappa shape index (κ2) is 7.89. The van der Waals surface area contributed by atoms with E-state index in [-0.39, 0.29) is 11.8 Å². The van der Waals surface area contributed by atoms with Gasteiger partial charge < -0.3 is 15.0 Å². The van der Waals surface area contributed by atoms with Crippen molar-refractivity contribution in [2.75, 3.05) is 30.4 Å². The minimum atomic E-state index is -0.131. The second-order valence-corrected chi connectivity index (χ2v) is 6.95. The van der Waals surface area contributed by atoms with Crippen molar-refractivity contribution in [1.29, 1.82) is 0 Å². The van der Waals surface area contributed by atoms with Crippen LogP contribution in [-0.2, 0) is 16.1 Å². The SMILES string of the molecule is COCc1cc(N2CCCC(C(=O)Nc3cccc(C)n3)C2)n2ncnc2n1. The first-order valence-corrected chi connectivity index (χ1v) is 9.32. The molecular formula is C19H23N7O2. The number of methoxy groups -OCH3 is 1. The Kier molecular flexibility index (Phi) is 5.16. The number of rotatable bonds is 5. The molecule has 0 saturated carbocycles. The third kappa shape index (κ3) is 3.79. The quantitative estimate of drug-likeness (QED) is 0.720. The molecule has 4 rings (SSSR count). The van der Waals surface area contributed by atoms with Crippen LogP contribution in [0.25, 0.3) is 5.78 Å². The minimum Gasteiger partial charge on any atom is -0.378 e. The number of carbonyl (C=O) groups is 1.